The average Bonchev–Trinajstić information content (AvgIpc) is 2.16. The number of ether oxygens (including phenoxy) is 1. The molecule has 0 saturated heterocycles. The van der Waals surface area contributed by atoms with Crippen LogP contribution in [0.15, 0.2) is 24.3 Å². The zero-order valence-electron chi connectivity index (χ0n) is 8.13. The molecule has 0 fully saturated rings. The minimum absolute atomic E-state index is 0.350. The molecular formula is C11H15NO. The summed E-state index contributed by atoms with van der Waals surface area (Å²) in [6, 6.07) is 8.24. The minimum Gasteiger partial charge on any atom is -0.484 e. The normalized spacial score (nSPS) is 9.69. The summed E-state index contributed by atoms with van der Waals surface area (Å²) in [6.07, 6.45) is 1.57. The van der Waals surface area contributed by atoms with Crippen LogP contribution in [0.3, 0.4) is 0 Å². The predicted molar refractivity (Wildman–Crippen MR) is 54.2 cm³/mol. The molecule has 70 valence electrons. The van der Waals surface area contributed by atoms with Gasteiger partial charge in [-0.2, -0.15) is 0 Å². The van der Waals surface area contributed by atoms with Gasteiger partial charge in [-0.05, 0) is 24.5 Å². The lowest BCUT2D eigenvalue weighted by molar-refractivity contribution is 0.386. The lowest BCUT2D eigenvalue weighted by atomic mass is 10.0. The van der Waals surface area contributed by atoms with Gasteiger partial charge in [-0.25, -0.2) is 0 Å². The number of methoxy groups -OCH3 is 1. The molecule has 0 aliphatic carbocycles. The van der Waals surface area contributed by atoms with E-state index in [9.17, 15) is 0 Å². The number of hydrogen-bond acceptors (Lipinski definition) is 2. The molecule has 0 atom stereocenters. The molecule has 0 amide bonds. The maximum Gasteiger partial charge on any atom is 0.180 e. The van der Waals surface area contributed by atoms with E-state index in [1.165, 1.54) is 11.1 Å². The van der Waals surface area contributed by atoms with Crippen molar-refractivity contribution in [3.05, 3.63) is 35.4 Å². The summed E-state index contributed by atoms with van der Waals surface area (Å²) in [7, 11) is 1.54. The molecule has 0 aliphatic heterocycles. The first-order valence-corrected chi connectivity index (χ1v) is 4.40. The molecule has 0 aromatic heterocycles. The maximum atomic E-state index is 7.33. The highest BCUT2D eigenvalue weighted by atomic mass is 16.5. The summed E-state index contributed by atoms with van der Waals surface area (Å²) in [4.78, 5) is 0. The van der Waals surface area contributed by atoms with Gasteiger partial charge >= 0.3 is 0 Å². The van der Waals surface area contributed by atoms with E-state index in [1.807, 2.05) is 12.1 Å². The summed E-state index contributed by atoms with van der Waals surface area (Å²) < 4.78 is 4.80. The van der Waals surface area contributed by atoms with Crippen molar-refractivity contribution in [3.63, 3.8) is 0 Å². The molecule has 1 rings (SSSR count). The molecular weight excluding hydrogens is 162 g/mol. The van der Waals surface area contributed by atoms with Crippen molar-refractivity contribution in [1.29, 1.82) is 5.41 Å². The Hall–Kier alpha value is -1.31. The van der Waals surface area contributed by atoms with Crippen LogP contribution in [0, 0.1) is 12.3 Å². The molecule has 0 radical (unpaired) electrons. The van der Waals surface area contributed by atoms with Gasteiger partial charge in [0.15, 0.2) is 5.90 Å². The zero-order valence-corrected chi connectivity index (χ0v) is 8.13. The van der Waals surface area contributed by atoms with Crippen molar-refractivity contribution in [2.75, 3.05) is 7.11 Å². The lowest BCUT2D eigenvalue weighted by Crippen LogP contribution is -2.01. The van der Waals surface area contributed by atoms with Crippen molar-refractivity contribution in [1.82, 2.24) is 0 Å². The van der Waals surface area contributed by atoms with Crippen LogP contribution in [-0.2, 0) is 11.2 Å². The van der Waals surface area contributed by atoms with Crippen LogP contribution in [0.5, 0.6) is 0 Å². The topological polar surface area (TPSA) is 33.1 Å². The van der Waals surface area contributed by atoms with E-state index in [-0.39, 0.29) is 0 Å². The highest BCUT2D eigenvalue weighted by molar-refractivity contribution is 5.72. The summed E-state index contributed by atoms with van der Waals surface area (Å²) in [5.41, 5.74) is 2.58. The second kappa shape index (κ2) is 4.65. The van der Waals surface area contributed by atoms with Crippen LogP contribution in [0.1, 0.15) is 17.5 Å². The van der Waals surface area contributed by atoms with Crippen LogP contribution in [0.25, 0.3) is 0 Å². The monoisotopic (exact) mass is 177 g/mol. The SMILES string of the molecule is COC(=N)CCc1ccccc1C. The molecule has 2 nitrogen and oxygen atoms in total. The third-order valence-electron chi connectivity index (χ3n) is 2.13. The van der Waals surface area contributed by atoms with Crippen molar-refractivity contribution in [2.24, 2.45) is 0 Å². The third kappa shape index (κ3) is 2.90. The van der Waals surface area contributed by atoms with Crippen molar-refractivity contribution >= 4 is 5.90 Å². The van der Waals surface area contributed by atoms with Gasteiger partial charge < -0.3 is 4.74 Å². The van der Waals surface area contributed by atoms with Crippen LogP contribution in [0.4, 0.5) is 0 Å². The number of nitrogens with one attached hydrogen (secondary N) is 1. The van der Waals surface area contributed by atoms with Gasteiger partial charge in [0.2, 0.25) is 0 Å². The molecule has 1 aromatic carbocycles. The first-order valence-electron chi connectivity index (χ1n) is 4.40. The van der Waals surface area contributed by atoms with Gasteiger partial charge in [0, 0.05) is 6.42 Å². The van der Waals surface area contributed by atoms with E-state index >= 15 is 0 Å². The summed E-state index contributed by atoms with van der Waals surface area (Å²) in [6.45, 7) is 2.09. The Morgan fingerprint density at radius 3 is 2.69 bits per heavy atom. The smallest absolute Gasteiger partial charge is 0.180 e. The van der Waals surface area contributed by atoms with E-state index in [0.29, 0.717) is 12.3 Å². The minimum atomic E-state index is 0.350. The quantitative estimate of drug-likeness (QED) is 0.558. The fourth-order valence-electron chi connectivity index (χ4n) is 1.24. The predicted octanol–water partition coefficient (Wildman–Crippen LogP) is 2.55. The molecule has 2 heteroatoms. The maximum absolute atomic E-state index is 7.33. The molecule has 1 N–H and O–H groups in total. The van der Waals surface area contributed by atoms with Crippen LogP contribution < -0.4 is 0 Å². The van der Waals surface area contributed by atoms with E-state index in [1.54, 1.807) is 7.11 Å². The van der Waals surface area contributed by atoms with E-state index in [4.69, 9.17) is 10.1 Å². The summed E-state index contributed by atoms with van der Waals surface area (Å²) in [5, 5.41) is 7.33. The van der Waals surface area contributed by atoms with E-state index < -0.39 is 0 Å². The molecule has 0 heterocycles. The van der Waals surface area contributed by atoms with Gasteiger partial charge in [-0.1, -0.05) is 24.3 Å². The molecule has 0 aliphatic rings. The Bertz CT molecular complexity index is 294. The fourth-order valence-corrected chi connectivity index (χ4v) is 1.24. The second-order valence-corrected chi connectivity index (χ2v) is 3.05. The number of aryl methyl sites for hydroxylation is 2. The Morgan fingerprint density at radius 1 is 1.38 bits per heavy atom. The number of rotatable bonds is 3. The third-order valence-corrected chi connectivity index (χ3v) is 2.13. The van der Waals surface area contributed by atoms with Gasteiger partial charge in [0.05, 0.1) is 7.11 Å². The first kappa shape index (κ1) is 9.78. The zero-order chi connectivity index (χ0) is 9.68. The highest BCUT2D eigenvalue weighted by Crippen LogP contribution is 2.09. The Kier molecular flexibility index (Phi) is 3.50. The van der Waals surface area contributed by atoms with E-state index in [2.05, 4.69) is 19.1 Å². The first-order chi connectivity index (χ1) is 6.24. The Balaban J connectivity index is 2.54. The summed E-state index contributed by atoms with van der Waals surface area (Å²) in [5.74, 6) is 0.350. The van der Waals surface area contributed by atoms with Gasteiger partial charge in [-0.3, -0.25) is 5.41 Å². The van der Waals surface area contributed by atoms with Crippen LogP contribution in [0.2, 0.25) is 0 Å². The van der Waals surface area contributed by atoms with Gasteiger partial charge in [-0.15, -0.1) is 0 Å². The molecule has 1 aromatic rings. The van der Waals surface area contributed by atoms with Crippen molar-refractivity contribution < 1.29 is 4.74 Å². The lowest BCUT2D eigenvalue weighted by Gasteiger charge is -2.05. The standard InChI is InChI=1S/C11H15NO/c1-9-5-3-4-6-10(9)7-8-11(12)13-2/h3-6,12H,7-8H2,1-2H3. The largest absolute Gasteiger partial charge is 0.484 e. The fraction of sp³-hybridized carbons (Fsp3) is 0.364. The van der Waals surface area contributed by atoms with Gasteiger partial charge in [0.1, 0.15) is 0 Å². The van der Waals surface area contributed by atoms with E-state index in [0.717, 1.165) is 6.42 Å². The average molecular weight is 177 g/mol. The van der Waals surface area contributed by atoms with Crippen molar-refractivity contribution in [3.8, 4) is 0 Å². The molecule has 0 unspecified atom stereocenters. The Labute approximate surface area is 79.1 Å². The number of hydrogen-bond donors (Lipinski definition) is 1. The highest BCUT2D eigenvalue weighted by Gasteiger charge is 1.99. The second-order valence-electron chi connectivity index (χ2n) is 3.05. The molecule has 0 spiro atoms. The van der Waals surface area contributed by atoms with Crippen molar-refractivity contribution in [2.45, 2.75) is 19.8 Å². The molecule has 0 bridgehead atoms. The Morgan fingerprint density at radius 2 is 2.08 bits per heavy atom. The van der Waals surface area contributed by atoms with Gasteiger partial charge in [0.25, 0.3) is 0 Å². The number of benzene rings is 1. The molecule has 0 saturated carbocycles. The summed E-state index contributed by atoms with van der Waals surface area (Å²) >= 11 is 0. The van der Waals surface area contributed by atoms with Crippen LogP contribution >= 0.6 is 0 Å². The molecule has 13 heavy (non-hydrogen) atoms. The van der Waals surface area contributed by atoms with Crippen LogP contribution in [-0.4, -0.2) is 13.0 Å².